The number of halogens is 1. The molecule has 14 heteroatoms. The van der Waals surface area contributed by atoms with E-state index in [0.29, 0.717) is 29.0 Å². The van der Waals surface area contributed by atoms with Crippen LogP contribution >= 0.6 is 11.6 Å². The van der Waals surface area contributed by atoms with E-state index in [9.17, 15) is 8.42 Å². The number of anilines is 1. The molecule has 3 aromatic rings. The van der Waals surface area contributed by atoms with E-state index in [0.717, 1.165) is 19.3 Å². The highest BCUT2D eigenvalue weighted by molar-refractivity contribution is 7.93. The van der Waals surface area contributed by atoms with Crippen LogP contribution in [-0.2, 0) is 26.0 Å². The van der Waals surface area contributed by atoms with Crippen molar-refractivity contribution in [2.75, 3.05) is 18.9 Å². The predicted octanol–water partition coefficient (Wildman–Crippen LogP) is 3.27. The van der Waals surface area contributed by atoms with Crippen molar-refractivity contribution in [3.63, 3.8) is 0 Å². The van der Waals surface area contributed by atoms with Crippen LogP contribution in [0.25, 0.3) is 11.5 Å². The second-order valence-electron chi connectivity index (χ2n) is 8.79. The average Bonchev–Trinajstić information content (AvgIpc) is 3.26. The van der Waals surface area contributed by atoms with Gasteiger partial charge >= 0.3 is 0 Å². The van der Waals surface area contributed by atoms with E-state index in [4.69, 9.17) is 25.8 Å². The number of nitrogens with zero attached hydrogens (tertiary/aromatic N) is 6. The lowest BCUT2D eigenvalue weighted by Gasteiger charge is -2.29. The first-order valence-electron chi connectivity index (χ1n) is 11.8. The number of sulfonamides is 1. The van der Waals surface area contributed by atoms with Crippen molar-refractivity contribution >= 4 is 27.6 Å². The monoisotopic (exact) mass is 551 g/mol. The lowest BCUT2D eigenvalue weighted by Crippen LogP contribution is -2.34. The first kappa shape index (κ1) is 27.2. The van der Waals surface area contributed by atoms with Crippen molar-refractivity contribution in [3.05, 3.63) is 41.4 Å². The van der Waals surface area contributed by atoms with Crippen LogP contribution in [0, 0.1) is 0 Å². The molecule has 4 atom stereocenters. The molecule has 0 bridgehead atoms. The quantitative estimate of drug-likeness (QED) is 0.398. The Morgan fingerprint density at radius 1 is 1.22 bits per heavy atom. The lowest BCUT2D eigenvalue weighted by molar-refractivity contribution is -0.0467. The standard InChI is InChI=1S/C23H30ClN7O5S/c1-14-7-5-8-17(36-14)13-31-22(18-9-6-10-19(27-18)34-3)28-29-23(31)30-37(32,33)15(2)20(35-4)21-25-11-16(24)12-26-21/h6,9-12,14-15,17,20H,5,7-8,13H2,1-4H3,(H,29,30)/t14-,15+,17+,20+/m1/s1. The van der Waals surface area contributed by atoms with Gasteiger partial charge in [-0.2, -0.15) is 0 Å². The van der Waals surface area contributed by atoms with Crippen molar-refractivity contribution in [2.45, 2.75) is 63.2 Å². The number of hydrogen-bond donors (Lipinski definition) is 1. The van der Waals surface area contributed by atoms with Crippen LogP contribution in [-0.4, -0.2) is 69.8 Å². The van der Waals surface area contributed by atoms with Crippen molar-refractivity contribution < 1.29 is 22.6 Å². The summed E-state index contributed by atoms with van der Waals surface area (Å²) in [6.07, 6.45) is 4.61. The summed E-state index contributed by atoms with van der Waals surface area (Å²) in [6.45, 7) is 3.87. The highest BCUT2D eigenvalue weighted by Crippen LogP contribution is 2.28. The van der Waals surface area contributed by atoms with Gasteiger partial charge < -0.3 is 14.2 Å². The first-order valence-corrected chi connectivity index (χ1v) is 13.8. The molecule has 0 aliphatic carbocycles. The minimum Gasteiger partial charge on any atom is -0.481 e. The predicted molar refractivity (Wildman–Crippen MR) is 137 cm³/mol. The molecular formula is C23H30ClN7O5S. The van der Waals surface area contributed by atoms with E-state index in [1.54, 1.807) is 22.8 Å². The molecule has 200 valence electrons. The summed E-state index contributed by atoms with van der Waals surface area (Å²) in [4.78, 5) is 12.7. The summed E-state index contributed by atoms with van der Waals surface area (Å²) >= 11 is 5.88. The Hall–Kier alpha value is -2.87. The molecule has 1 aliphatic rings. The van der Waals surface area contributed by atoms with Crippen LogP contribution < -0.4 is 9.46 Å². The van der Waals surface area contributed by atoms with Gasteiger partial charge in [0.25, 0.3) is 0 Å². The topological polar surface area (TPSA) is 143 Å². The van der Waals surface area contributed by atoms with Gasteiger partial charge in [0.15, 0.2) is 11.6 Å². The number of methoxy groups -OCH3 is 2. The summed E-state index contributed by atoms with van der Waals surface area (Å²) in [5.41, 5.74) is 0.485. The molecule has 1 saturated heterocycles. The number of rotatable bonds is 10. The van der Waals surface area contributed by atoms with Gasteiger partial charge in [0.2, 0.25) is 21.9 Å². The first-order chi connectivity index (χ1) is 17.7. The molecule has 0 radical (unpaired) electrons. The van der Waals surface area contributed by atoms with Crippen LogP contribution in [0.2, 0.25) is 5.02 Å². The van der Waals surface area contributed by atoms with Gasteiger partial charge in [0.05, 0.1) is 30.9 Å². The van der Waals surface area contributed by atoms with Crippen molar-refractivity contribution in [1.82, 2.24) is 29.7 Å². The fourth-order valence-electron chi connectivity index (χ4n) is 4.19. The Morgan fingerprint density at radius 2 is 1.97 bits per heavy atom. The maximum absolute atomic E-state index is 13.5. The molecule has 0 unspecified atom stereocenters. The highest BCUT2D eigenvalue weighted by atomic mass is 35.5. The average molecular weight is 552 g/mol. The summed E-state index contributed by atoms with van der Waals surface area (Å²) in [6, 6.07) is 5.25. The third-order valence-corrected chi connectivity index (χ3v) is 8.05. The van der Waals surface area contributed by atoms with Gasteiger partial charge in [0, 0.05) is 25.6 Å². The van der Waals surface area contributed by atoms with Crippen molar-refractivity contribution in [2.24, 2.45) is 0 Å². The molecule has 1 fully saturated rings. The molecular weight excluding hydrogens is 522 g/mol. The molecule has 0 amide bonds. The van der Waals surface area contributed by atoms with Crippen LogP contribution in [0.15, 0.2) is 30.6 Å². The molecule has 4 heterocycles. The smallest absolute Gasteiger partial charge is 0.240 e. The Bertz CT molecular complexity index is 1310. The van der Waals surface area contributed by atoms with Crippen LogP contribution in [0.5, 0.6) is 5.88 Å². The van der Waals surface area contributed by atoms with Crippen LogP contribution in [0.3, 0.4) is 0 Å². The maximum atomic E-state index is 13.5. The van der Waals surface area contributed by atoms with Crippen LogP contribution in [0.4, 0.5) is 5.95 Å². The van der Waals surface area contributed by atoms with Gasteiger partial charge in [-0.25, -0.2) is 23.4 Å². The SMILES string of the molecule is COc1cccc(-c2nnc(NS(=O)(=O)[C@@H](C)[C@H](OC)c3ncc(Cl)cn3)n2C[C@@H]2CCC[C@@H](C)O2)n1. The molecule has 3 aromatic heterocycles. The largest absolute Gasteiger partial charge is 0.481 e. The molecule has 4 rings (SSSR count). The minimum absolute atomic E-state index is 0.0418. The summed E-state index contributed by atoms with van der Waals surface area (Å²) in [5, 5.41) is 7.69. The zero-order valence-corrected chi connectivity index (χ0v) is 22.6. The molecule has 0 aromatic carbocycles. The number of pyridine rings is 1. The third-order valence-electron chi connectivity index (χ3n) is 6.16. The highest BCUT2D eigenvalue weighted by Gasteiger charge is 2.35. The molecule has 0 spiro atoms. The van der Waals surface area contributed by atoms with Gasteiger partial charge in [-0.15, -0.1) is 10.2 Å². The van der Waals surface area contributed by atoms with Crippen LogP contribution in [0.1, 0.15) is 45.0 Å². The minimum atomic E-state index is -4.04. The Morgan fingerprint density at radius 3 is 2.65 bits per heavy atom. The Kier molecular flexibility index (Phi) is 8.57. The Labute approximate surface area is 220 Å². The number of ether oxygens (including phenoxy) is 3. The second-order valence-corrected chi connectivity index (χ2v) is 11.3. The summed E-state index contributed by atoms with van der Waals surface area (Å²) in [7, 11) is -1.12. The fourth-order valence-corrected chi connectivity index (χ4v) is 5.44. The summed E-state index contributed by atoms with van der Waals surface area (Å²) in [5.74, 6) is 1.02. The van der Waals surface area contributed by atoms with Gasteiger partial charge in [0.1, 0.15) is 17.0 Å². The molecule has 0 saturated carbocycles. The Balaban J connectivity index is 1.67. The zero-order chi connectivity index (χ0) is 26.6. The summed E-state index contributed by atoms with van der Waals surface area (Å²) < 4.78 is 48.0. The van der Waals surface area contributed by atoms with Crippen molar-refractivity contribution in [1.29, 1.82) is 0 Å². The number of hydrogen-bond acceptors (Lipinski definition) is 10. The van der Waals surface area contributed by atoms with Gasteiger partial charge in [-0.05, 0) is 39.2 Å². The fraction of sp³-hybridized carbons (Fsp3) is 0.522. The number of nitrogens with one attached hydrogen (secondary N) is 1. The maximum Gasteiger partial charge on any atom is 0.240 e. The van der Waals surface area contributed by atoms with E-state index in [1.807, 2.05) is 6.92 Å². The van der Waals surface area contributed by atoms with E-state index >= 15 is 0 Å². The van der Waals surface area contributed by atoms with E-state index < -0.39 is 21.4 Å². The van der Waals surface area contributed by atoms with E-state index in [-0.39, 0.29) is 24.0 Å². The van der Waals surface area contributed by atoms with E-state index in [2.05, 4.69) is 29.9 Å². The zero-order valence-electron chi connectivity index (χ0n) is 21.0. The van der Waals surface area contributed by atoms with Gasteiger partial charge in [-0.3, -0.25) is 9.29 Å². The van der Waals surface area contributed by atoms with E-state index in [1.165, 1.54) is 33.5 Å². The number of aromatic nitrogens is 6. The second kappa shape index (κ2) is 11.7. The third kappa shape index (κ3) is 6.35. The van der Waals surface area contributed by atoms with Crippen molar-refractivity contribution in [3.8, 4) is 17.4 Å². The normalized spacial score (nSPS) is 19.8. The molecule has 37 heavy (non-hydrogen) atoms. The molecule has 1 aliphatic heterocycles. The lowest BCUT2D eigenvalue weighted by atomic mass is 10.0. The van der Waals surface area contributed by atoms with Gasteiger partial charge in [-0.1, -0.05) is 17.7 Å². The molecule has 1 N–H and O–H groups in total. The molecule has 12 nitrogen and oxygen atoms in total.